The fraction of sp³-hybridized carbons (Fsp3) is 0.333. The molecule has 0 aliphatic carbocycles. The van der Waals surface area contributed by atoms with Gasteiger partial charge in [0.1, 0.15) is 18.0 Å². The van der Waals surface area contributed by atoms with Crippen molar-refractivity contribution in [2.24, 2.45) is 5.73 Å². The molecule has 2 aromatic heterocycles. The Morgan fingerprint density at radius 3 is 3.05 bits per heavy atom. The van der Waals surface area contributed by atoms with Crippen LogP contribution in [0.15, 0.2) is 18.6 Å². The third kappa shape index (κ3) is 1.92. The lowest BCUT2D eigenvalue weighted by Crippen LogP contribution is -2.36. The number of nitrogens with zero attached hydrogens (tertiary/aromatic N) is 5. The molecule has 2 aromatic rings. The summed E-state index contributed by atoms with van der Waals surface area (Å²) in [6.45, 7) is 4.20. The second kappa shape index (κ2) is 4.34. The van der Waals surface area contributed by atoms with Crippen molar-refractivity contribution < 1.29 is 0 Å². The van der Waals surface area contributed by atoms with E-state index in [1.54, 1.807) is 12.5 Å². The van der Waals surface area contributed by atoms with Gasteiger partial charge in [0, 0.05) is 19.3 Å². The maximum atomic E-state index is 7.73. The van der Waals surface area contributed by atoms with Crippen LogP contribution in [-0.2, 0) is 13.1 Å². The molecule has 0 aromatic carbocycles. The second-order valence-corrected chi connectivity index (χ2v) is 4.60. The average Bonchev–Trinajstić information content (AvgIpc) is 2.85. The van der Waals surface area contributed by atoms with E-state index >= 15 is 0 Å². The first kappa shape index (κ1) is 11.6. The minimum atomic E-state index is 0.0487. The second-order valence-electron chi connectivity index (χ2n) is 4.60. The number of aryl methyl sites for hydroxylation is 1. The number of nitrogen functional groups attached to an aromatic ring is 1. The maximum absolute atomic E-state index is 7.73. The summed E-state index contributed by atoms with van der Waals surface area (Å²) in [6, 6.07) is 1.87. The maximum Gasteiger partial charge on any atom is 0.152 e. The van der Waals surface area contributed by atoms with Gasteiger partial charge in [-0.2, -0.15) is 0 Å². The lowest BCUT2D eigenvalue weighted by molar-refractivity contribution is 0.556. The van der Waals surface area contributed by atoms with Crippen LogP contribution in [0.2, 0.25) is 0 Å². The molecule has 3 heterocycles. The molecule has 0 fully saturated rings. The molecule has 7 nitrogen and oxygen atoms in total. The summed E-state index contributed by atoms with van der Waals surface area (Å²) < 4.78 is 2.03. The predicted octanol–water partition coefficient (Wildman–Crippen LogP) is 0.286. The van der Waals surface area contributed by atoms with Crippen LogP contribution in [0.3, 0.4) is 0 Å². The molecule has 1 aliphatic heterocycles. The van der Waals surface area contributed by atoms with E-state index in [-0.39, 0.29) is 5.84 Å². The van der Waals surface area contributed by atoms with Crippen molar-refractivity contribution in [1.82, 2.24) is 19.7 Å². The standard InChI is InChI=1S/C12H15N7/c1-8-2-3-15-12(10(8)11(13)14)18-4-5-19-7-16-17-9(19)6-18/h2-3,7H,4-6H2,1H3,(H3,13,14). The van der Waals surface area contributed by atoms with E-state index < -0.39 is 0 Å². The smallest absolute Gasteiger partial charge is 0.152 e. The first-order valence-electron chi connectivity index (χ1n) is 6.08. The van der Waals surface area contributed by atoms with Crippen LogP contribution >= 0.6 is 0 Å². The fourth-order valence-electron chi connectivity index (χ4n) is 2.36. The van der Waals surface area contributed by atoms with Crippen LogP contribution in [-0.4, -0.2) is 32.1 Å². The number of hydrogen-bond donors (Lipinski definition) is 2. The molecular formula is C12H15N7. The van der Waals surface area contributed by atoms with E-state index in [0.717, 1.165) is 30.3 Å². The van der Waals surface area contributed by atoms with Crippen molar-refractivity contribution in [3.63, 3.8) is 0 Å². The highest BCUT2D eigenvalue weighted by Gasteiger charge is 2.22. The normalized spacial score (nSPS) is 14.3. The van der Waals surface area contributed by atoms with Gasteiger partial charge in [0.05, 0.1) is 12.1 Å². The number of aromatic nitrogens is 4. The first-order valence-corrected chi connectivity index (χ1v) is 6.08. The highest BCUT2D eigenvalue weighted by Crippen LogP contribution is 2.23. The molecular weight excluding hydrogens is 242 g/mol. The van der Waals surface area contributed by atoms with Gasteiger partial charge in [0.2, 0.25) is 0 Å². The zero-order valence-corrected chi connectivity index (χ0v) is 10.7. The molecule has 0 saturated heterocycles. The summed E-state index contributed by atoms with van der Waals surface area (Å²) in [4.78, 5) is 6.48. The number of fused-ring (bicyclic) bond motifs is 1. The van der Waals surface area contributed by atoms with E-state index in [4.69, 9.17) is 11.1 Å². The Balaban J connectivity index is 2.00. The molecule has 3 N–H and O–H groups in total. The number of nitrogens with one attached hydrogen (secondary N) is 1. The Bertz CT molecular complexity index is 631. The molecule has 0 spiro atoms. The minimum Gasteiger partial charge on any atom is -0.384 e. The van der Waals surface area contributed by atoms with E-state index in [0.29, 0.717) is 12.1 Å². The Morgan fingerprint density at radius 2 is 2.26 bits per heavy atom. The topological polar surface area (TPSA) is 96.7 Å². The Hall–Kier alpha value is -2.44. The van der Waals surface area contributed by atoms with Gasteiger partial charge >= 0.3 is 0 Å². The molecule has 1 aliphatic rings. The average molecular weight is 257 g/mol. The van der Waals surface area contributed by atoms with Crippen molar-refractivity contribution in [2.45, 2.75) is 20.0 Å². The fourth-order valence-corrected chi connectivity index (χ4v) is 2.36. The SMILES string of the molecule is Cc1ccnc(N2CCn3cnnc3C2)c1C(=N)N. The molecule has 7 heteroatoms. The number of amidine groups is 1. The summed E-state index contributed by atoms with van der Waals surface area (Å²) >= 11 is 0. The molecule has 0 bridgehead atoms. The zero-order chi connectivity index (χ0) is 13.4. The highest BCUT2D eigenvalue weighted by molar-refractivity contribution is 6.01. The van der Waals surface area contributed by atoms with Crippen LogP contribution in [0.4, 0.5) is 5.82 Å². The van der Waals surface area contributed by atoms with Crippen LogP contribution < -0.4 is 10.6 Å². The molecule has 0 amide bonds. The summed E-state index contributed by atoms with van der Waals surface area (Å²) in [5.74, 6) is 1.71. The van der Waals surface area contributed by atoms with E-state index in [9.17, 15) is 0 Å². The monoisotopic (exact) mass is 257 g/mol. The summed E-state index contributed by atoms with van der Waals surface area (Å²) in [5, 5.41) is 15.7. The van der Waals surface area contributed by atoms with Gasteiger partial charge in [-0.25, -0.2) is 4.98 Å². The van der Waals surface area contributed by atoms with Crippen molar-refractivity contribution in [3.8, 4) is 0 Å². The Labute approximate surface area is 110 Å². The van der Waals surface area contributed by atoms with Crippen molar-refractivity contribution in [3.05, 3.63) is 35.5 Å². The molecule has 19 heavy (non-hydrogen) atoms. The van der Waals surface area contributed by atoms with Gasteiger partial charge in [-0.05, 0) is 18.6 Å². The van der Waals surface area contributed by atoms with Gasteiger partial charge < -0.3 is 15.2 Å². The largest absolute Gasteiger partial charge is 0.384 e. The molecule has 3 rings (SSSR count). The zero-order valence-electron chi connectivity index (χ0n) is 10.7. The Morgan fingerprint density at radius 1 is 1.42 bits per heavy atom. The lowest BCUT2D eigenvalue weighted by atomic mass is 10.1. The van der Waals surface area contributed by atoms with Crippen molar-refractivity contribution >= 4 is 11.7 Å². The molecule has 0 unspecified atom stereocenters. The summed E-state index contributed by atoms with van der Waals surface area (Å²) in [6.07, 6.45) is 3.48. The van der Waals surface area contributed by atoms with Crippen molar-refractivity contribution in [2.75, 3.05) is 11.4 Å². The number of nitrogens with two attached hydrogens (primary N) is 1. The molecule has 0 atom stereocenters. The number of anilines is 1. The van der Waals surface area contributed by atoms with Gasteiger partial charge in [-0.1, -0.05) is 0 Å². The van der Waals surface area contributed by atoms with Crippen LogP contribution in [0, 0.1) is 12.3 Å². The van der Waals surface area contributed by atoms with Crippen LogP contribution in [0.1, 0.15) is 17.0 Å². The number of hydrogen-bond acceptors (Lipinski definition) is 5. The lowest BCUT2D eigenvalue weighted by Gasteiger charge is -2.29. The van der Waals surface area contributed by atoms with Crippen LogP contribution in [0.25, 0.3) is 0 Å². The van der Waals surface area contributed by atoms with Gasteiger partial charge in [0.25, 0.3) is 0 Å². The molecule has 98 valence electrons. The van der Waals surface area contributed by atoms with Gasteiger partial charge in [-0.3, -0.25) is 5.41 Å². The molecule has 0 saturated carbocycles. The Kier molecular flexibility index (Phi) is 2.66. The summed E-state index contributed by atoms with van der Waals surface area (Å²) in [5.41, 5.74) is 7.35. The van der Waals surface area contributed by atoms with Gasteiger partial charge in [-0.15, -0.1) is 10.2 Å². The van der Waals surface area contributed by atoms with E-state index in [1.807, 2.05) is 17.6 Å². The number of pyridine rings is 1. The van der Waals surface area contributed by atoms with Crippen LogP contribution in [0.5, 0.6) is 0 Å². The summed E-state index contributed by atoms with van der Waals surface area (Å²) in [7, 11) is 0. The third-order valence-electron chi connectivity index (χ3n) is 3.35. The predicted molar refractivity (Wildman–Crippen MR) is 71.1 cm³/mol. The van der Waals surface area contributed by atoms with E-state index in [2.05, 4.69) is 20.1 Å². The van der Waals surface area contributed by atoms with E-state index in [1.165, 1.54) is 0 Å². The first-order chi connectivity index (χ1) is 9.16. The molecule has 0 radical (unpaired) electrons. The minimum absolute atomic E-state index is 0.0487. The van der Waals surface area contributed by atoms with Crippen molar-refractivity contribution in [1.29, 1.82) is 5.41 Å². The van der Waals surface area contributed by atoms with Gasteiger partial charge in [0.15, 0.2) is 5.82 Å². The highest BCUT2D eigenvalue weighted by atomic mass is 15.3. The quantitative estimate of drug-likeness (QED) is 0.595. The third-order valence-corrected chi connectivity index (χ3v) is 3.35. The number of rotatable bonds is 2.